The summed E-state index contributed by atoms with van der Waals surface area (Å²) in [7, 11) is 0.328. The standard InChI is InChI=1S/C12H7N2.C6H5.CH3O.Cu.4FH/c1-3-9-5-6-10-4-2-8-14-12(10)11(9)13-7-1;1-2-4-6-5-3-1;1-2;;;;;/h1-3,5-8H;1-5H;1H3;;4*1H/q;;-1;+5;;;;/p-4. The Hall–Kier alpha value is -2.54. The van der Waals surface area contributed by atoms with Gasteiger partial charge >= 0.3 is 151 Å². The van der Waals surface area contributed by atoms with Gasteiger partial charge in [0.15, 0.2) is 0 Å². The maximum absolute atomic E-state index is 16.0. The maximum atomic E-state index is 16.0. The molecule has 4 rings (SSSR count). The number of benzene rings is 2. The second-order valence-electron chi connectivity index (χ2n) is 5.76. The SMILES string of the molecule is C[O][Cu]([F])([F])([F])([F])([c]1ccccc1)[c]1ccnc2c1ccc1cccnc12. The molecule has 27 heavy (non-hydrogen) atoms. The Labute approximate surface area is 151 Å². The van der Waals surface area contributed by atoms with Gasteiger partial charge in [0.2, 0.25) is 0 Å². The van der Waals surface area contributed by atoms with Gasteiger partial charge in [-0.2, -0.15) is 0 Å². The van der Waals surface area contributed by atoms with Gasteiger partial charge in [0.1, 0.15) is 0 Å². The van der Waals surface area contributed by atoms with Crippen molar-refractivity contribution in [1.82, 2.24) is 9.97 Å². The predicted molar refractivity (Wildman–Crippen MR) is 94.2 cm³/mol. The Morgan fingerprint density at radius 2 is 1.44 bits per heavy atom. The molecule has 146 valence electrons. The van der Waals surface area contributed by atoms with Crippen LogP contribution in [0.25, 0.3) is 21.8 Å². The fraction of sp³-hybridized carbons (Fsp3) is 0.0526. The van der Waals surface area contributed by atoms with Gasteiger partial charge in [0, 0.05) is 0 Å². The molecule has 0 atom stereocenters. The first-order valence-corrected chi connectivity index (χ1v) is 10.4. The molecule has 0 unspecified atom stereocenters. The van der Waals surface area contributed by atoms with E-state index in [1.165, 1.54) is 24.4 Å². The second kappa shape index (κ2) is 4.47. The number of hydrogen-bond donors (Lipinski definition) is 0. The summed E-state index contributed by atoms with van der Waals surface area (Å²) in [5, 5.41) is 0.184. The van der Waals surface area contributed by atoms with E-state index in [4.69, 9.17) is 0 Å². The molecule has 0 fully saturated rings. The molecule has 2 heterocycles. The molecule has 4 aromatic rings. The third-order valence-electron chi connectivity index (χ3n) is 4.23. The molecule has 0 spiro atoms. The Bertz CT molecular complexity index is 1240. The summed E-state index contributed by atoms with van der Waals surface area (Å²) in [4.78, 5) is 8.16. The van der Waals surface area contributed by atoms with Crippen LogP contribution < -0.4 is 8.92 Å². The number of fused-ring (bicyclic) bond motifs is 3. The summed E-state index contributed by atoms with van der Waals surface area (Å²) >= 11 is -9.89. The van der Waals surface area contributed by atoms with E-state index < -0.39 is 26.1 Å². The van der Waals surface area contributed by atoms with Crippen LogP contribution in [0.4, 0.5) is 14.2 Å². The van der Waals surface area contributed by atoms with Gasteiger partial charge < -0.3 is 0 Å². The molecule has 0 saturated heterocycles. The summed E-state index contributed by atoms with van der Waals surface area (Å²) in [6.07, 6.45) is 2.37. The number of halogens is 4. The average molecular weight is 427 g/mol. The van der Waals surface area contributed by atoms with Gasteiger partial charge in [-0.3, -0.25) is 0 Å². The van der Waals surface area contributed by atoms with Crippen molar-refractivity contribution in [3.63, 3.8) is 0 Å². The van der Waals surface area contributed by atoms with Crippen LogP contribution in [0.2, 0.25) is 0 Å². The van der Waals surface area contributed by atoms with Crippen LogP contribution in [0, 0.1) is 0 Å². The van der Waals surface area contributed by atoms with E-state index in [9.17, 15) is 0 Å². The molecule has 2 aromatic heterocycles. The second-order valence-corrected chi connectivity index (χ2v) is 10.6. The molecule has 0 radical (unpaired) electrons. The Morgan fingerprint density at radius 1 is 0.741 bits per heavy atom. The minimum absolute atomic E-state index is 0.0481. The third-order valence-corrected chi connectivity index (χ3v) is 8.46. The van der Waals surface area contributed by atoms with Crippen LogP contribution in [0.3, 0.4) is 0 Å². The molecule has 3 nitrogen and oxygen atoms in total. The van der Waals surface area contributed by atoms with E-state index in [-0.39, 0.29) is 11.0 Å². The van der Waals surface area contributed by atoms with Crippen molar-refractivity contribution in [3.05, 3.63) is 73.1 Å². The van der Waals surface area contributed by atoms with Crippen LogP contribution >= 0.6 is 0 Å². The Balaban J connectivity index is 2.26. The van der Waals surface area contributed by atoms with Crippen molar-refractivity contribution in [2.24, 2.45) is 0 Å². The van der Waals surface area contributed by atoms with Gasteiger partial charge in [-0.1, -0.05) is 0 Å². The van der Waals surface area contributed by atoms with Crippen molar-refractivity contribution in [1.29, 1.82) is 0 Å². The molecule has 0 saturated carbocycles. The quantitative estimate of drug-likeness (QED) is 0.273. The molecular weight excluding hydrogens is 412 g/mol. The van der Waals surface area contributed by atoms with Gasteiger partial charge in [-0.15, -0.1) is 0 Å². The fourth-order valence-electron chi connectivity index (χ4n) is 2.89. The molecule has 8 heteroatoms. The first kappa shape index (κ1) is 17.9. The Morgan fingerprint density at radius 3 is 2.15 bits per heavy atom. The van der Waals surface area contributed by atoms with E-state index >= 15 is 14.2 Å². The van der Waals surface area contributed by atoms with E-state index in [1.807, 2.05) is 0 Å². The molecule has 0 aliphatic carbocycles. The summed E-state index contributed by atoms with van der Waals surface area (Å²) in [6.45, 7) is 0. The van der Waals surface area contributed by atoms with Crippen molar-refractivity contribution < 1.29 is 29.9 Å². The average Bonchev–Trinajstić information content (AvgIpc) is 2.68. The molecule has 0 bridgehead atoms. The van der Waals surface area contributed by atoms with Crippen LogP contribution in [-0.2, 0) is 15.6 Å². The summed E-state index contributed by atoms with van der Waals surface area (Å²) < 4.78 is 65.1. The number of rotatable bonds is 3. The summed E-state index contributed by atoms with van der Waals surface area (Å²) in [6, 6.07) is 11.6. The monoisotopic (exact) mass is 426 g/mol. The number of pyridine rings is 2. The van der Waals surface area contributed by atoms with E-state index in [0.29, 0.717) is 30.7 Å². The molecular formula is C19H15CuF4N2O. The van der Waals surface area contributed by atoms with E-state index in [1.54, 1.807) is 12.1 Å². The van der Waals surface area contributed by atoms with Crippen LogP contribution in [0.1, 0.15) is 0 Å². The topological polar surface area (TPSA) is 35.0 Å². The molecule has 0 N–H and O–H groups in total. The van der Waals surface area contributed by atoms with Crippen LogP contribution in [0.5, 0.6) is 0 Å². The van der Waals surface area contributed by atoms with Crippen molar-refractivity contribution in [2.45, 2.75) is 0 Å². The normalized spacial score (nSPS) is 16.4. The summed E-state index contributed by atoms with van der Waals surface area (Å²) in [5.41, 5.74) is 0.206. The van der Waals surface area contributed by atoms with Crippen molar-refractivity contribution in [3.8, 4) is 0 Å². The minimum atomic E-state index is -9.89. The van der Waals surface area contributed by atoms with Gasteiger partial charge in [-0.25, -0.2) is 0 Å². The van der Waals surface area contributed by atoms with Crippen LogP contribution in [0.15, 0.2) is 73.1 Å². The molecule has 0 amide bonds. The predicted octanol–water partition coefficient (Wildman–Crippen LogP) is 4.59. The van der Waals surface area contributed by atoms with Crippen molar-refractivity contribution >= 4 is 30.7 Å². The molecule has 0 aliphatic heterocycles. The number of aromatic nitrogens is 2. The Kier molecular flexibility index (Phi) is 2.95. The number of hydrogen-bond acceptors (Lipinski definition) is 3. The van der Waals surface area contributed by atoms with Gasteiger partial charge in [-0.05, 0) is 0 Å². The first-order chi connectivity index (χ1) is 12.5. The zero-order chi connectivity index (χ0) is 19.4. The zero-order valence-corrected chi connectivity index (χ0v) is 15.0. The van der Waals surface area contributed by atoms with Gasteiger partial charge in [0.25, 0.3) is 0 Å². The number of nitrogens with zero attached hydrogens (tertiary/aromatic N) is 2. The first-order valence-electron chi connectivity index (χ1n) is 7.65. The van der Waals surface area contributed by atoms with Crippen molar-refractivity contribution in [2.75, 3.05) is 7.11 Å². The third kappa shape index (κ3) is 2.24. The van der Waals surface area contributed by atoms with Gasteiger partial charge in [0.05, 0.1) is 0 Å². The molecule has 2 aromatic carbocycles. The molecule has 0 aliphatic rings. The fourth-order valence-corrected chi connectivity index (χ4v) is 5.81. The van der Waals surface area contributed by atoms with E-state index in [0.717, 1.165) is 18.3 Å². The summed E-state index contributed by atoms with van der Waals surface area (Å²) in [5.74, 6) is 0. The van der Waals surface area contributed by atoms with Crippen LogP contribution in [-0.4, -0.2) is 17.1 Å². The van der Waals surface area contributed by atoms with E-state index in [2.05, 4.69) is 13.8 Å². The zero-order valence-electron chi connectivity index (χ0n) is 14.0.